The average Bonchev–Trinajstić information content (AvgIpc) is 3.27. The number of esters is 2. The molecule has 2 N–H and O–H groups in total. The predicted octanol–water partition coefficient (Wildman–Crippen LogP) is 5.99. The van der Waals surface area contributed by atoms with Crippen molar-refractivity contribution in [3.8, 4) is 0 Å². The molecule has 1 aromatic carbocycles. The summed E-state index contributed by atoms with van der Waals surface area (Å²) in [6.45, 7) is 13.9. The van der Waals surface area contributed by atoms with Crippen LogP contribution in [0.3, 0.4) is 0 Å². The Labute approximate surface area is 202 Å². The number of hydrogen-bond acceptors (Lipinski definition) is 4. The maximum Gasteiger partial charge on any atom is 0.355 e. The number of benzene rings is 1. The fraction of sp³-hybridized carbons (Fsp3) is 0.429. The lowest BCUT2D eigenvalue weighted by Crippen LogP contribution is -2.24. The summed E-state index contributed by atoms with van der Waals surface area (Å²) in [7, 11) is 0. The lowest BCUT2D eigenvalue weighted by Gasteiger charge is -2.19. The Hall–Kier alpha value is -3.28. The van der Waals surface area contributed by atoms with Crippen molar-refractivity contribution in [1.29, 1.82) is 0 Å². The minimum Gasteiger partial charge on any atom is -0.456 e. The fourth-order valence-electron chi connectivity index (χ4n) is 4.36. The smallest absolute Gasteiger partial charge is 0.355 e. The first-order valence-corrected chi connectivity index (χ1v) is 11.9. The second-order valence-electron chi connectivity index (χ2n) is 9.61. The molecule has 3 rings (SSSR count). The van der Waals surface area contributed by atoms with Gasteiger partial charge in [-0.25, -0.2) is 9.59 Å². The van der Waals surface area contributed by atoms with Gasteiger partial charge in [-0.15, -0.1) is 0 Å². The quantitative estimate of drug-likeness (QED) is 0.401. The summed E-state index contributed by atoms with van der Waals surface area (Å²) in [4.78, 5) is 32.2. The lowest BCUT2D eigenvalue weighted by atomic mass is 10.0. The third-order valence-corrected chi connectivity index (χ3v) is 6.02. The van der Waals surface area contributed by atoms with Crippen LogP contribution in [0.25, 0.3) is 0 Å². The first-order valence-electron chi connectivity index (χ1n) is 11.9. The highest BCUT2D eigenvalue weighted by atomic mass is 16.6. The summed E-state index contributed by atoms with van der Waals surface area (Å²) in [6, 6.07) is 9.64. The van der Waals surface area contributed by atoms with Gasteiger partial charge in [0.25, 0.3) is 0 Å². The summed E-state index contributed by atoms with van der Waals surface area (Å²) in [6.07, 6.45) is 2.13. The van der Waals surface area contributed by atoms with E-state index in [2.05, 4.69) is 23.8 Å². The summed E-state index contributed by atoms with van der Waals surface area (Å²) in [5, 5.41) is 0. The van der Waals surface area contributed by atoms with Crippen molar-refractivity contribution in [3.63, 3.8) is 0 Å². The Morgan fingerprint density at radius 1 is 0.824 bits per heavy atom. The standard InChI is InChI=1S/C28H36N2O4/c1-8-20-17(3)24(26(31)33-16-19-13-11-10-12-14-19)29-22(20)15-23-21(9-2)18(4)25(30-23)27(32)34-28(5,6)7/h10-14,29-30H,8-9,15-16H2,1-7H3. The van der Waals surface area contributed by atoms with Crippen LogP contribution in [0.1, 0.15) is 94.8 Å². The second kappa shape index (κ2) is 10.3. The molecular weight excluding hydrogens is 428 g/mol. The molecule has 0 bridgehead atoms. The van der Waals surface area contributed by atoms with E-state index in [1.165, 1.54) is 0 Å². The van der Waals surface area contributed by atoms with Crippen LogP contribution in [0.4, 0.5) is 0 Å². The zero-order valence-corrected chi connectivity index (χ0v) is 21.3. The molecule has 0 amide bonds. The Balaban J connectivity index is 1.87. The third-order valence-electron chi connectivity index (χ3n) is 6.02. The van der Waals surface area contributed by atoms with Crippen LogP contribution >= 0.6 is 0 Å². The van der Waals surface area contributed by atoms with Gasteiger partial charge in [0, 0.05) is 17.8 Å². The molecule has 0 aliphatic carbocycles. The molecule has 0 radical (unpaired) electrons. The largest absolute Gasteiger partial charge is 0.456 e. The van der Waals surface area contributed by atoms with E-state index >= 15 is 0 Å². The summed E-state index contributed by atoms with van der Waals surface area (Å²) >= 11 is 0. The van der Waals surface area contributed by atoms with E-state index in [0.717, 1.165) is 52.0 Å². The van der Waals surface area contributed by atoms with Gasteiger partial charge in [0.2, 0.25) is 0 Å². The molecule has 0 saturated carbocycles. The fourth-order valence-corrected chi connectivity index (χ4v) is 4.36. The molecule has 2 aromatic heterocycles. The summed E-state index contributed by atoms with van der Waals surface area (Å²) < 4.78 is 11.2. The maximum absolute atomic E-state index is 12.9. The minimum atomic E-state index is -0.567. The Morgan fingerprint density at radius 2 is 1.32 bits per heavy atom. The van der Waals surface area contributed by atoms with Crippen LogP contribution in [0.2, 0.25) is 0 Å². The molecule has 34 heavy (non-hydrogen) atoms. The highest BCUT2D eigenvalue weighted by Gasteiger charge is 2.25. The van der Waals surface area contributed by atoms with E-state index in [1.807, 2.05) is 65.0 Å². The van der Waals surface area contributed by atoms with Crippen molar-refractivity contribution in [3.05, 3.63) is 80.9 Å². The first-order chi connectivity index (χ1) is 16.1. The highest BCUT2D eigenvalue weighted by molar-refractivity contribution is 5.91. The number of aromatic nitrogens is 2. The Kier molecular flexibility index (Phi) is 7.70. The number of ether oxygens (including phenoxy) is 2. The SMILES string of the molecule is CCc1c(Cc2[nH]c(C(=O)OC(C)(C)C)c(C)c2CC)[nH]c(C(=O)OCc2ccccc2)c1C. The minimum absolute atomic E-state index is 0.226. The molecule has 0 spiro atoms. The number of rotatable bonds is 8. The lowest BCUT2D eigenvalue weighted by molar-refractivity contribution is 0.00623. The maximum atomic E-state index is 12.9. The number of aromatic amines is 2. The summed E-state index contributed by atoms with van der Waals surface area (Å²) in [5.74, 6) is -0.718. The average molecular weight is 465 g/mol. The third kappa shape index (κ3) is 5.61. The van der Waals surface area contributed by atoms with Gasteiger partial charge in [-0.1, -0.05) is 44.2 Å². The molecule has 6 nitrogen and oxygen atoms in total. The van der Waals surface area contributed by atoms with E-state index < -0.39 is 5.60 Å². The molecule has 0 aliphatic rings. The monoisotopic (exact) mass is 464 g/mol. The van der Waals surface area contributed by atoms with Crippen LogP contribution in [0, 0.1) is 13.8 Å². The zero-order chi connectivity index (χ0) is 25.0. The number of carbonyl (C=O) groups is 2. The van der Waals surface area contributed by atoms with E-state index in [1.54, 1.807) is 0 Å². The molecule has 0 saturated heterocycles. The van der Waals surface area contributed by atoms with Gasteiger partial charge in [-0.2, -0.15) is 0 Å². The van der Waals surface area contributed by atoms with Gasteiger partial charge in [-0.05, 0) is 75.3 Å². The van der Waals surface area contributed by atoms with Crippen molar-refractivity contribution in [2.75, 3.05) is 0 Å². The van der Waals surface area contributed by atoms with Gasteiger partial charge in [0.1, 0.15) is 23.6 Å². The molecule has 0 unspecified atom stereocenters. The Bertz CT molecular complexity index is 1160. The number of hydrogen-bond donors (Lipinski definition) is 2. The number of carbonyl (C=O) groups excluding carboxylic acids is 2. The van der Waals surface area contributed by atoms with Gasteiger partial charge in [0.15, 0.2) is 0 Å². The molecule has 6 heteroatoms. The van der Waals surface area contributed by atoms with Gasteiger partial charge >= 0.3 is 11.9 Å². The molecule has 0 atom stereocenters. The van der Waals surface area contributed by atoms with Crippen molar-refractivity contribution in [2.45, 2.75) is 79.9 Å². The predicted molar refractivity (Wildman–Crippen MR) is 133 cm³/mol. The van der Waals surface area contributed by atoms with Crippen molar-refractivity contribution in [2.24, 2.45) is 0 Å². The van der Waals surface area contributed by atoms with Crippen LogP contribution < -0.4 is 0 Å². The molecular formula is C28H36N2O4. The normalized spacial score (nSPS) is 11.5. The zero-order valence-electron chi connectivity index (χ0n) is 21.3. The van der Waals surface area contributed by atoms with E-state index in [9.17, 15) is 9.59 Å². The molecule has 182 valence electrons. The summed E-state index contributed by atoms with van der Waals surface area (Å²) in [5.41, 5.74) is 7.28. The van der Waals surface area contributed by atoms with Crippen LogP contribution in [0.5, 0.6) is 0 Å². The highest BCUT2D eigenvalue weighted by Crippen LogP contribution is 2.27. The van der Waals surface area contributed by atoms with E-state index in [0.29, 0.717) is 17.8 Å². The molecule has 0 fully saturated rings. The van der Waals surface area contributed by atoms with Crippen molar-refractivity contribution >= 4 is 11.9 Å². The molecule has 0 aliphatic heterocycles. The van der Waals surface area contributed by atoms with E-state index in [4.69, 9.17) is 9.47 Å². The van der Waals surface area contributed by atoms with Crippen molar-refractivity contribution < 1.29 is 19.1 Å². The van der Waals surface area contributed by atoms with Crippen LogP contribution in [0.15, 0.2) is 30.3 Å². The van der Waals surface area contributed by atoms with Gasteiger partial charge in [-0.3, -0.25) is 0 Å². The molecule has 3 aromatic rings. The Morgan fingerprint density at radius 3 is 1.79 bits per heavy atom. The number of H-pyrrole nitrogens is 2. The van der Waals surface area contributed by atoms with Gasteiger partial charge < -0.3 is 19.4 Å². The van der Waals surface area contributed by atoms with E-state index in [-0.39, 0.29) is 18.5 Å². The number of nitrogens with one attached hydrogen (secondary N) is 2. The van der Waals surface area contributed by atoms with Crippen molar-refractivity contribution in [1.82, 2.24) is 9.97 Å². The van der Waals surface area contributed by atoms with Crippen LogP contribution in [-0.2, 0) is 35.3 Å². The topological polar surface area (TPSA) is 84.2 Å². The molecule has 2 heterocycles. The van der Waals surface area contributed by atoms with Crippen LogP contribution in [-0.4, -0.2) is 27.5 Å². The van der Waals surface area contributed by atoms with Gasteiger partial charge in [0.05, 0.1) is 0 Å². The first kappa shape index (κ1) is 25.3. The second-order valence-corrected chi connectivity index (χ2v) is 9.61.